The molecule has 2 aromatic heterocycles. The predicted octanol–water partition coefficient (Wildman–Crippen LogP) is 12.0. The van der Waals surface area contributed by atoms with Gasteiger partial charge in [-0.2, -0.15) is 5.21 Å². The summed E-state index contributed by atoms with van der Waals surface area (Å²) in [7, 11) is 0. The van der Waals surface area contributed by atoms with E-state index < -0.39 is 10.4 Å². The van der Waals surface area contributed by atoms with Gasteiger partial charge in [-0.15, -0.1) is 26.9 Å². The smallest absolute Gasteiger partial charge is 0.870 e. The normalized spacial score (nSPS) is 10.8. The first-order valence-corrected chi connectivity index (χ1v) is 25.2. The van der Waals surface area contributed by atoms with Gasteiger partial charge in [0.1, 0.15) is 10.4 Å². The zero-order valence-corrected chi connectivity index (χ0v) is 45.8. The van der Waals surface area contributed by atoms with E-state index in [0.29, 0.717) is 11.6 Å². The molecule has 0 spiro atoms. The van der Waals surface area contributed by atoms with Crippen LogP contribution in [0.15, 0.2) is 279 Å². The van der Waals surface area contributed by atoms with Crippen molar-refractivity contribution >= 4 is 11.6 Å². The summed E-state index contributed by atoms with van der Waals surface area (Å²) in [5.74, 6) is 1.32. The van der Waals surface area contributed by atoms with Crippen LogP contribution < -0.4 is 29.6 Å². The summed E-state index contributed by atoms with van der Waals surface area (Å²) >= 11 is 7.12. The van der Waals surface area contributed by atoms with Crippen LogP contribution in [0.4, 0.5) is 0 Å². The van der Waals surface area contributed by atoms with Gasteiger partial charge in [0, 0.05) is 11.1 Å². The van der Waals surface area contributed by atoms with E-state index in [1.807, 2.05) is 102 Å². The van der Waals surface area contributed by atoms with E-state index in [9.17, 15) is 0 Å². The molecule has 0 saturated carbocycles. The third kappa shape index (κ3) is 11.9. The number of H-pyrrole nitrogens is 1. The number of aromatic amines is 1. The first-order chi connectivity index (χ1) is 36.9. The van der Waals surface area contributed by atoms with E-state index in [1.165, 1.54) is 11.1 Å². The molecule has 0 unspecified atom stereocenters. The molecular weight excluding hydrogens is 979 g/mol. The van der Waals surface area contributed by atoms with E-state index in [-0.39, 0.29) is 35.0 Å². The van der Waals surface area contributed by atoms with E-state index in [0.717, 1.165) is 66.8 Å². The predicted molar refractivity (Wildman–Crippen MR) is 305 cm³/mol. The van der Waals surface area contributed by atoms with E-state index in [4.69, 9.17) is 16.8 Å². The van der Waals surface area contributed by atoms with Gasteiger partial charge in [0.05, 0.1) is 0 Å². The molecular formula is C66H54ClN8NaO. The minimum Gasteiger partial charge on any atom is -0.870 e. The number of nitrogens with one attached hydrogen (secondary N) is 1. The third-order valence-corrected chi connectivity index (χ3v) is 13.9. The summed E-state index contributed by atoms with van der Waals surface area (Å²) < 4.78 is 1.99. The summed E-state index contributed by atoms with van der Waals surface area (Å²) in [4.78, 5) is -0.649. The molecule has 0 radical (unpaired) electrons. The monoisotopic (exact) mass is 1030 g/mol. The van der Waals surface area contributed by atoms with Crippen molar-refractivity contribution in [3.63, 3.8) is 0 Å². The second-order valence-electron chi connectivity index (χ2n) is 18.0. The van der Waals surface area contributed by atoms with Gasteiger partial charge in [-0.25, -0.2) is 4.68 Å². The topological polar surface area (TPSA) is 128 Å². The van der Waals surface area contributed by atoms with Crippen molar-refractivity contribution in [3.05, 3.63) is 324 Å². The Hall–Kier alpha value is -8.41. The zero-order valence-electron chi connectivity index (χ0n) is 43.0. The molecule has 372 valence electrons. The number of aryl methyl sites for hydroxylation is 2. The number of hydrogen-bond donors (Lipinski definition) is 1. The van der Waals surface area contributed by atoms with Crippen LogP contribution in [-0.4, -0.2) is 46.3 Å². The number of hydrogen-bond acceptors (Lipinski definition) is 7. The Morgan fingerprint density at radius 3 is 1.06 bits per heavy atom. The number of tetrazole rings is 2. The van der Waals surface area contributed by atoms with Gasteiger partial charge in [-0.1, -0.05) is 290 Å². The molecule has 2 heterocycles. The van der Waals surface area contributed by atoms with Gasteiger partial charge in [0.25, 0.3) is 0 Å². The van der Waals surface area contributed by atoms with Gasteiger partial charge in [0.15, 0.2) is 5.82 Å². The van der Waals surface area contributed by atoms with Crippen LogP contribution in [-0.2, 0) is 10.4 Å². The molecule has 0 amide bonds. The van der Waals surface area contributed by atoms with Crippen LogP contribution in [0.2, 0.25) is 0 Å². The fourth-order valence-corrected chi connectivity index (χ4v) is 9.97. The molecule has 9 nitrogen and oxygen atoms in total. The van der Waals surface area contributed by atoms with Crippen LogP contribution in [0, 0.1) is 13.8 Å². The molecule has 11 heteroatoms. The minimum absolute atomic E-state index is 0. The minimum atomic E-state index is -0.789. The van der Waals surface area contributed by atoms with E-state index in [1.54, 1.807) is 0 Å². The van der Waals surface area contributed by atoms with Crippen molar-refractivity contribution in [1.29, 1.82) is 0 Å². The molecule has 0 fully saturated rings. The van der Waals surface area contributed by atoms with Gasteiger partial charge in [-0.05, 0) is 85.1 Å². The molecule has 0 aliphatic heterocycles. The summed E-state index contributed by atoms with van der Waals surface area (Å²) in [5, 5.41) is 27.8. The fourth-order valence-electron chi connectivity index (χ4n) is 9.59. The molecule has 12 rings (SSSR count). The Bertz CT molecular complexity index is 3470. The third-order valence-electron chi connectivity index (χ3n) is 13.3. The standard InChI is InChI=1S/C33H26N4.C19H15Cl.C14H12N4.Na.H2O/c1-25-21-23-26(24-22-25)30-19-11-12-20-31(30)32-34-35-36-37(32)33(27-13-5-2-6-14-27,28-15-7-3-8-16-28)29-17-9-4-10-18-29;20-19(16-10-4-1-5-11-16,17-12-6-2-7-13-17)18-14-8-3-9-15-18;1-10-6-8-11(9-7-10)12-4-2-3-5-13(12)14-15-17-18-16-14;;/h2-24H,1H3;1-15H;2-9H,1H3,(H,15,16,17,18);;1H2/q;;;+1;/p-1. The van der Waals surface area contributed by atoms with E-state index in [2.05, 4.69) is 227 Å². The largest absolute Gasteiger partial charge is 1.00 e. The number of rotatable bonds is 11. The van der Waals surface area contributed by atoms with Gasteiger partial charge < -0.3 is 5.48 Å². The number of aromatic nitrogens is 8. The maximum Gasteiger partial charge on any atom is 1.00 e. The zero-order chi connectivity index (χ0) is 51.3. The Balaban J connectivity index is 0.000000166. The number of benzene rings is 10. The molecule has 10 aromatic carbocycles. The maximum atomic E-state index is 7.12. The van der Waals surface area contributed by atoms with Crippen molar-refractivity contribution in [3.8, 4) is 45.0 Å². The molecule has 0 aliphatic carbocycles. The molecule has 0 bridgehead atoms. The van der Waals surface area contributed by atoms with Crippen molar-refractivity contribution in [2.75, 3.05) is 0 Å². The first-order valence-electron chi connectivity index (χ1n) is 24.8. The van der Waals surface area contributed by atoms with Crippen molar-refractivity contribution < 1.29 is 35.0 Å². The quantitative estimate of drug-likeness (QED) is 0.0776. The molecule has 77 heavy (non-hydrogen) atoms. The van der Waals surface area contributed by atoms with Gasteiger partial charge in [0.2, 0.25) is 5.82 Å². The van der Waals surface area contributed by atoms with E-state index >= 15 is 0 Å². The van der Waals surface area contributed by atoms with Gasteiger partial charge in [-0.3, -0.25) is 0 Å². The molecule has 2 N–H and O–H groups in total. The number of halogens is 1. The number of nitrogens with zero attached hydrogens (tertiary/aromatic N) is 7. The Morgan fingerprint density at radius 2 is 0.701 bits per heavy atom. The molecule has 0 aliphatic rings. The summed E-state index contributed by atoms with van der Waals surface area (Å²) in [6.45, 7) is 4.18. The van der Waals surface area contributed by atoms with Crippen LogP contribution in [0.5, 0.6) is 0 Å². The fraction of sp³-hybridized carbons (Fsp3) is 0.0606. The van der Waals surface area contributed by atoms with Crippen LogP contribution in [0.3, 0.4) is 0 Å². The summed E-state index contributed by atoms with van der Waals surface area (Å²) in [6, 6.07) is 95.5. The average Bonchev–Trinajstić information content (AvgIpc) is 4.26. The first kappa shape index (κ1) is 54.8. The van der Waals surface area contributed by atoms with Crippen LogP contribution in [0.1, 0.15) is 44.5 Å². The second kappa shape index (κ2) is 25.9. The van der Waals surface area contributed by atoms with Gasteiger partial charge >= 0.3 is 29.6 Å². The Morgan fingerprint density at radius 1 is 0.377 bits per heavy atom. The Labute approximate surface area is 476 Å². The Kier molecular flexibility index (Phi) is 18.4. The number of alkyl halides is 1. The summed E-state index contributed by atoms with van der Waals surface area (Å²) in [5.41, 5.74) is 14.6. The second-order valence-corrected chi connectivity index (χ2v) is 18.6. The van der Waals surface area contributed by atoms with Crippen molar-refractivity contribution in [1.82, 2.24) is 40.8 Å². The van der Waals surface area contributed by atoms with Crippen molar-refractivity contribution in [2.24, 2.45) is 0 Å². The SMILES string of the molecule is Cc1ccc(-c2ccccc2-c2nn[nH]n2)cc1.Cc1ccc(-c2ccccc2-c2nnnn2C(c2ccccc2)(c2ccccc2)c2ccccc2)cc1.ClC(c1ccccc1)(c1ccccc1)c1ccccc1.[Na+].[OH-]. The van der Waals surface area contributed by atoms with Crippen LogP contribution in [0.25, 0.3) is 45.0 Å². The van der Waals surface area contributed by atoms with Crippen molar-refractivity contribution in [2.45, 2.75) is 24.3 Å². The summed E-state index contributed by atoms with van der Waals surface area (Å²) in [6.07, 6.45) is 0. The molecule has 0 saturated heterocycles. The molecule has 0 atom stereocenters. The molecule has 12 aromatic rings. The average molecular weight is 1030 g/mol. The maximum absolute atomic E-state index is 7.12. The van der Waals surface area contributed by atoms with Crippen LogP contribution >= 0.6 is 11.6 Å².